The quantitative estimate of drug-likeness (QED) is 0.280. The predicted octanol–water partition coefficient (Wildman–Crippen LogP) is 6.55. The van der Waals surface area contributed by atoms with Gasteiger partial charge in [0.25, 0.3) is 5.91 Å². The lowest BCUT2D eigenvalue weighted by molar-refractivity contribution is -0.137. The molecule has 204 valence electrons. The van der Waals surface area contributed by atoms with Crippen molar-refractivity contribution in [3.8, 4) is 5.75 Å². The van der Waals surface area contributed by atoms with Gasteiger partial charge in [-0.05, 0) is 54.4 Å². The van der Waals surface area contributed by atoms with Crippen LogP contribution in [-0.4, -0.2) is 34.5 Å². The zero-order valence-electron chi connectivity index (χ0n) is 21.3. The van der Waals surface area contributed by atoms with E-state index in [1.807, 2.05) is 31.2 Å². The molecule has 4 aromatic rings. The first kappa shape index (κ1) is 26.9. The second-order valence-electron chi connectivity index (χ2n) is 9.51. The van der Waals surface area contributed by atoms with Gasteiger partial charge in [-0.3, -0.25) is 9.20 Å². The van der Waals surface area contributed by atoms with E-state index in [1.165, 1.54) is 12.1 Å². The zero-order valence-corrected chi connectivity index (χ0v) is 22.1. The highest BCUT2D eigenvalue weighted by atomic mass is 35.5. The van der Waals surface area contributed by atoms with Gasteiger partial charge in [0.1, 0.15) is 23.2 Å². The van der Waals surface area contributed by atoms with E-state index in [9.17, 15) is 18.0 Å². The molecule has 10 heteroatoms. The summed E-state index contributed by atoms with van der Waals surface area (Å²) in [6.07, 6.45) is -0.482. The van der Waals surface area contributed by atoms with Crippen molar-refractivity contribution in [2.24, 2.45) is 0 Å². The van der Waals surface area contributed by atoms with E-state index in [4.69, 9.17) is 16.3 Å². The molecule has 2 aromatic carbocycles. The highest BCUT2D eigenvalue weighted by molar-refractivity contribution is 6.30. The molecule has 2 aromatic heterocycles. The van der Waals surface area contributed by atoms with Crippen molar-refractivity contribution in [1.29, 1.82) is 0 Å². The maximum atomic E-state index is 13.0. The SMILES string of the molecule is CCc1nc2cc(Cl)ccn2c1C(=O)NCc1ccc(N2CCC(Oc3ccc(C(F)(F)F)cc3)CC2)cc1. The molecule has 5 rings (SSSR count). The van der Waals surface area contributed by atoms with Crippen LogP contribution in [0.2, 0.25) is 5.02 Å². The number of nitrogens with one attached hydrogen (secondary N) is 1. The highest BCUT2D eigenvalue weighted by Gasteiger charge is 2.30. The number of carbonyl (C=O) groups is 1. The van der Waals surface area contributed by atoms with Crippen molar-refractivity contribution < 1.29 is 22.7 Å². The first-order valence-corrected chi connectivity index (χ1v) is 13.2. The van der Waals surface area contributed by atoms with E-state index in [0.29, 0.717) is 35.1 Å². The molecule has 1 aliphatic heterocycles. The van der Waals surface area contributed by atoms with Crippen LogP contribution in [0.3, 0.4) is 0 Å². The van der Waals surface area contributed by atoms with Crippen LogP contribution in [0, 0.1) is 0 Å². The summed E-state index contributed by atoms with van der Waals surface area (Å²) in [5, 5.41) is 3.56. The molecule has 1 amide bonds. The van der Waals surface area contributed by atoms with E-state index in [1.54, 1.807) is 22.7 Å². The van der Waals surface area contributed by atoms with E-state index < -0.39 is 11.7 Å². The Hall–Kier alpha value is -3.72. The van der Waals surface area contributed by atoms with Crippen LogP contribution in [0.15, 0.2) is 66.9 Å². The molecule has 1 aliphatic rings. The Balaban J connectivity index is 1.14. The lowest BCUT2D eigenvalue weighted by Crippen LogP contribution is -2.38. The number of piperidine rings is 1. The lowest BCUT2D eigenvalue weighted by atomic mass is 10.1. The molecule has 0 atom stereocenters. The monoisotopic (exact) mass is 556 g/mol. The summed E-state index contributed by atoms with van der Waals surface area (Å²) in [4.78, 5) is 19.8. The Morgan fingerprint density at radius 2 is 1.77 bits per heavy atom. The number of halogens is 4. The molecular formula is C29H28ClF3N4O2. The molecule has 1 saturated heterocycles. The number of imidazole rings is 1. The molecular weight excluding hydrogens is 529 g/mol. The zero-order chi connectivity index (χ0) is 27.6. The first-order valence-electron chi connectivity index (χ1n) is 12.8. The van der Waals surface area contributed by atoms with E-state index >= 15 is 0 Å². The number of aryl methyl sites for hydroxylation is 1. The van der Waals surface area contributed by atoms with E-state index in [-0.39, 0.29) is 12.0 Å². The normalized spacial score (nSPS) is 14.5. The number of ether oxygens (including phenoxy) is 1. The summed E-state index contributed by atoms with van der Waals surface area (Å²) >= 11 is 6.08. The third-order valence-corrected chi connectivity index (χ3v) is 7.13. The van der Waals surface area contributed by atoms with Crippen molar-refractivity contribution in [3.05, 3.63) is 94.4 Å². The number of anilines is 1. The summed E-state index contributed by atoms with van der Waals surface area (Å²) < 4.78 is 46.0. The largest absolute Gasteiger partial charge is 0.490 e. The third-order valence-electron chi connectivity index (χ3n) is 6.89. The van der Waals surface area contributed by atoms with Crippen LogP contribution in [0.4, 0.5) is 18.9 Å². The smallest absolute Gasteiger partial charge is 0.416 e. The molecule has 0 aliphatic carbocycles. The number of amides is 1. The minimum atomic E-state index is -4.35. The first-order chi connectivity index (χ1) is 18.7. The number of nitrogens with zero attached hydrogens (tertiary/aromatic N) is 3. The molecule has 3 heterocycles. The van der Waals surface area contributed by atoms with Crippen LogP contribution in [-0.2, 0) is 19.1 Å². The third kappa shape index (κ3) is 6.14. The van der Waals surface area contributed by atoms with Gasteiger partial charge in [0.15, 0.2) is 0 Å². The average Bonchev–Trinajstić information content (AvgIpc) is 3.30. The molecule has 1 N–H and O–H groups in total. The Morgan fingerprint density at radius 3 is 2.41 bits per heavy atom. The number of benzene rings is 2. The molecule has 0 saturated carbocycles. The summed E-state index contributed by atoms with van der Waals surface area (Å²) in [5.41, 5.74) is 3.24. The maximum absolute atomic E-state index is 13.0. The maximum Gasteiger partial charge on any atom is 0.416 e. The predicted molar refractivity (Wildman–Crippen MR) is 144 cm³/mol. The van der Waals surface area contributed by atoms with E-state index in [0.717, 1.165) is 55.0 Å². The van der Waals surface area contributed by atoms with Gasteiger partial charge in [0.05, 0.1) is 11.3 Å². The molecule has 0 spiro atoms. The lowest BCUT2D eigenvalue weighted by Gasteiger charge is -2.33. The number of carbonyl (C=O) groups excluding carboxylic acids is 1. The Bertz CT molecular complexity index is 1440. The number of alkyl halides is 3. The van der Waals surface area contributed by atoms with Gasteiger partial charge in [0, 0.05) is 55.4 Å². The van der Waals surface area contributed by atoms with E-state index in [2.05, 4.69) is 15.2 Å². The second-order valence-corrected chi connectivity index (χ2v) is 9.95. The van der Waals surface area contributed by atoms with Crippen molar-refractivity contribution >= 4 is 28.8 Å². The van der Waals surface area contributed by atoms with Gasteiger partial charge in [0.2, 0.25) is 0 Å². The van der Waals surface area contributed by atoms with Crippen LogP contribution < -0.4 is 15.0 Å². The number of hydrogen-bond acceptors (Lipinski definition) is 4. The number of hydrogen-bond donors (Lipinski definition) is 1. The Labute approximate surface area is 229 Å². The molecule has 0 radical (unpaired) electrons. The fraction of sp³-hybridized carbons (Fsp3) is 0.310. The molecule has 0 bridgehead atoms. The Morgan fingerprint density at radius 1 is 1.08 bits per heavy atom. The van der Waals surface area contributed by atoms with Gasteiger partial charge in [-0.1, -0.05) is 30.7 Å². The van der Waals surface area contributed by atoms with Gasteiger partial charge in [-0.15, -0.1) is 0 Å². The second kappa shape index (κ2) is 11.2. The molecule has 0 unspecified atom stereocenters. The van der Waals surface area contributed by atoms with Gasteiger partial charge >= 0.3 is 6.18 Å². The molecule has 1 fully saturated rings. The number of fused-ring (bicyclic) bond motifs is 1. The topological polar surface area (TPSA) is 58.9 Å². The minimum absolute atomic E-state index is 0.0452. The number of rotatable bonds is 7. The van der Waals surface area contributed by atoms with Crippen molar-refractivity contribution in [2.75, 3.05) is 18.0 Å². The number of aromatic nitrogens is 2. The average molecular weight is 557 g/mol. The fourth-order valence-corrected chi connectivity index (χ4v) is 4.95. The van der Waals surface area contributed by atoms with Crippen molar-refractivity contribution in [1.82, 2.24) is 14.7 Å². The van der Waals surface area contributed by atoms with Gasteiger partial charge in [-0.25, -0.2) is 4.98 Å². The van der Waals surface area contributed by atoms with Crippen LogP contribution >= 0.6 is 11.6 Å². The van der Waals surface area contributed by atoms with Crippen molar-refractivity contribution in [2.45, 2.75) is 45.0 Å². The van der Waals surface area contributed by atoms with Crippen LogP contribution in [0.1, 0.15) is 47.1 Å². The standard InChI is InChI=1S/C29H28ClF3N4O2/c1-2-25-27(37-16-11-21(30)17-26(37)35-25)28(38)34-18-19-3-7-22(8-4-19)36-14-12-24(13-15-36)39-23-9-5-20(6-10-23)29(31,32)33/h3-11,16-17,24H,2,12-15,18H2,1H3,(H,34,38). The number of pyridine rings is 1. The fourth-order valence-electron chi connectivity index (χ4n) is 4.79. The molecule has 6 nitrogen and oxygen atoms in total. The highest BCUT2D eigenvalue weighted by Crippen LogP contribution is 2.31. The van der Waals surface area contributed by atoms with Crippen LogP contribution in [0.5, 0.6) is 5.75 Å². The van der Waals surface area contributed by atoms with Crippen molar-refractivity contribution in [3.63, 3.8) is 0 Å². The Kier molecular flexibility index (Phi) is 7.70. The summed E-state index contributed by atoms with van der Waals surface area (Å²) in [5.74, 6) is 0.257. The minimum Gasteiger partial charge on any atom is -0.490 e. The summed E-state index contributed by atoms with van der Waals surface area (Å²) in [6.45, 7) is 3.90. The van der Waals surface area contributed by atoms with Gasteiger partial charge in [-0.2, -0.15) is 13.2 Å². The summed E-state index contributed by atoms with van der Waals surface area (Å²) in [6, 6.07) is 16.4. The van der Waals surface area contributed by atoms with Crippen LogP contribution in [0.25, 0.3) is 5.65 Å². The summed E-state index contributed by atoms with van der Waals surface area (Å²) in [7, 11) is 0. The molecule has 39 heavy (non-hydrogen) atoms. The van der Waals surface area contributed by atoms with Gasteiger partial charge < -0.3 is 15.0 Å².